The Kier molecular flexibility index (Phi) is 37.3. The van der Waals surface area contributed by atoms with E-state index >= 15 is 0 Å². The van der Waals surface area contributed by atoms with Gasteiger partial charge in [0, 0.05) is 28.4 Å². The van der Waals surface area contributed by atoms with E-state index in [1.165, 1.54) is 0 Å². The van der Waals surface area contributed by atoms with Gasteiger partial charge in [0.2, 0.25) is 0 Å². The normalized spacial score (nSPS) is 9.56. The van der Waals surface area contributed by atoms with Crippen molar-refractivity contribution in [3.05, 3.63) is 0 Å². The van der Waals surface area contributed by atoms with Crippen molar-refractivity contribution in [1.29, 1.82) is 0 Å². The molecule has 0 radical (unpaired) electrons. The molecule has 0 aromatic rings. The van der Waals surface area contributed by atoms with Crippen molar-refractivity contribution in [2.24, 2.45) is 0 Å². The van der Waals surface area contributed by atoms with E-state index in [1.807, 2.05) is 0 Å². The van der Waals surface area contributed by atoms with E-state index in [0.29, 0.717) is 26.4 Å². The summed E-state index contributed by atoms with van der Waals surface area (Å²) in [6, 6.07) is 0. The van der Waals surface area contributed by atoms with Crippen molar-refractivity contribution >= 4 is 17.9 Å². The molecule has 0 N–H and O–H groups in total. The Morgan fingerprint density at radius 3 is 0.812 bits per heavy atom. The summed E-state index contributed by atoms with van der Waals surface area (Å²) in [5.74, 6) is 14.9. The van der Waals surface area contributed by atoms with E-state index in [9.17, 15) is 0 Å². The summed E-state index contributed by atoms with van der Waals surface area (Å²) in [4.78, 5) is 0. The Morgan fingerprint density at radius 2 is 0.750 bits per heavy atom. The van der Waals surface area contributed by atoms with Gasteiger partial charge in [0.05, 0.1) is 26.4 Å². The SMILES string of the molecule is COCCOC.COCCOC.[Cl][Gd]([Cl])[Cl]. The molecule has 0 atom stereocenters. The third-order valence-electron chi connectivity index (χ3n) is 0.983. The second kappa shape index (κ2) is 25.8. The van der Waals surface area contributed by atoms with E-state index in [2.05, 4.69) is 18.9 Å². The van der Waals surface area contributed by atoms with Gasteiger partial charge in [0.15, 0.2) is 0 Å². The van der Waals surface area contributed by atoms with Crippen LogP contribution < -0.4 is 0 Å². The summed E-state index contributed by atoms with van der Waals surface area (Å²) in [6.45, 7) is 2.76. The second-order valence-electron chi connectivity index (χ2n) is 2.12. The Labute approximate surface area is 119 Å². The summed E-state index contributed by atoms with van der Waals surface area (Å²) in [5, 5.41) is 0. The van der Waals surface area contributed by atoms with Gasteiger partial charge in [0.1, 0.15) is 0 Å². The van der Waals surface area contributed by atoms with Gasteiger partial charge in [-0.25, -0.2) is 0 Å². The fourth-order valence-electron chi connectivity index (χ4n) is 0.333. The molecule has 0 saturated heterocycles. The molecule has 0 rings (SSSR count). The Morgan fingerprint density at radius 1 is 0.625 bits per heavy atom. The Balaban J connectivity index is -0.000000162. The van der Waals surface area contributed by atoms with Crippen LogP contribution in [0.4, 0.5) is 0 Å². The van der Waals surface area contributed by atoms with Crippen LogP contribution in [0.1, 0.15) is 0 Å². The first-order valence-corrected chi connectivity index (χ1v) is 12.7. The van der Waals surface area contributed by atoms with Crippen molar-refractivity contribution in [2.75, 3.05) is 54.9 Å². The second-order valence-corrected chi connectivity index (χ2v) is 12.1. The number of rotatable bonds is 6. The average Bonchev–Trinajstić information content (AvgIpc) is 2.23. The molecule has 0 unspecified atom stereocenters. The van der Waals surface area contributed by atoms with Crippen LogP contribution >= 0.6 is 17.9 Å². The molecule has 0 saturated carbocycles. The van der Waals surface area contributed by atoms with Gasteiger partial charge >= 0.3 is 47.1 Å². The van der Waals surface area contributed by atoms with E-state index in [1.54, 1.807) is 28.4 Å². The molecule has 0 heterocycles. The van der Waals surface area contributed by atoms with Crippen LogP contribution in [0.3, 0.4) is 0 Å². The molecule has 0 spiro atoms. The zero-order chi connectivity index (χ0) is 13.2. The van der Waals surface area contributed by atoms with Crippen molar-refractivity contribution in [3.8, 4) is 0 Å². The minimum absolute atomic E-state index is 0.691. The zero-order valence-corrected chi connectivity index (χ0v) is 14.5. The molecule has 105 valence electrons. The van der Waals surface area contributed by atoms with Crippen molar-refractivity contribution in [1.82, 2.24) is 0 Å². The Bertz CT molecular complexity index is 82.6. The number of halogens is 3. The van der Waals surface area contributed by atoms with Gasteiger partial charge < -0.3 is 18.9 Å². The monoisotopic (exact) mass is 443 g/mol. The quantitative estimate of drug-likeness (QED) is 0.591. The average molecular weight is 444 g/mol. The van der Waals surface area contributed by atoms with E-state index in [-0.39, 0.29) is 0 Å². The molecule has 16 heavy (non-hydrogen) atoms. The molecule has 0 fully saturated rings. The number of hydrogen-bond donors (Lipinski definition) is 0. The van der Waals surface area contributed by atoms with Gasteiger partial charge in [-0.15, -0.1) is 0 Å². The predicted octanol–water partition coefficient (Wildman–Crippen LogP) is 2.63. The van der Waals surface area contributed by atoms with E-state index < -0.39 is 29.2 Å². The van der Waals surface area contributed by atoms with Crippen LogP contribution in [0, 0.1) is 29.2 Å². The summed E-state index contributed by atoms with van der Waals surface area (Å²) in [5.41, 5.74) is 0. The van der Waals surface area contributed by atoms with Gasteiger partial charge in [-0.2, -0.15) is 0 Å². The maximum atomic E-state index is 4.98. The van der Waals surface area contributed by atoms with Gasteiger partial charge in [-0.3, -0.25) is 0 Å². The van der Waals surface area contributed by atoms with Crippen LogP contribution in [-0.4, -0.2) is 54.9 Å². The summed E-state index contributed by atoms with van der Waals surface area (Å²) >= 11 is -1.98. The molecular formula is C8H20Cl3GdO4. The van der Waals surface area contributed by atoms with Crippen molar-refractivity contribution in [2.45, 2.75) is 0 Å². The zero-order valence-electron chi connectivity index (χ0n) is 9.95. The minimum atomic E-state index is -1.98. The molecule has 8 heteroatoms. The maximum absolute atomic E-state index is 4.98. The molecule has 0 amide bonds. The first-order valence-electron chi connectivity index (χ1n) is 4.19. The van der Waals surface area contributed by atoms with E-state index in [0.717, 1.165) is 0 Å². The molecule has 0 bridgehead atoms. The molecule has 0 aliphatic carbocycles. The van der Waals surface area contributed by atoms with Gasteiger partial charge in [0.25, 0.3) is 0 Å². The van der Waals surface area contributed by atoms with E-state index in [4.69, 9.17) is 17.9 Å². The first-order chi connectivity index (χ1) is 7.56. The number of hydrogen-bond acceptors (Lipinski definition) is 4. The standard InChI is InChI=1S/2C4H10O2.3ClH.Gd/c2*1-5-3-4-6-2;;;;/h2*3-4H2,1-2H3;3*1H;/q;;;;;+3/p-3. The van der Waals surface area contributed by atoms with Crippen LogP contribution in [0.25, 0.3) is 0 Å². The third kappa shape index (κ3) is 56.1. The fraction of sp³-hybridized carbons (Fsp3) is 1.00. The number of methoxy groups -OCH3 is 4. The summed E-state index contributed by atoms with van der Waals surface area (Å²) in [7, 11) is 6.61. The van der Waals surface area contributed by atoms with Gasteiger partial charge in [-0.1, -0.05) is 0 Å². The van der Waals surface area contributed by atoms with Crippen LogP contribution in [0.2, 0.25) is 0 Å². The third-order valence-corrected chi connectivity index (χ3v) is 0.983. The summed E-state index contributed by atoms with van der Waals surface area (Å²) in [6.07, 6.45) is 0. The number of ether oxygens (including phenoxy) is 4. The van der Waals surface area contributed by atoms with Crippen LogP contribution in [0.15, 0.2) is 0 Å². The fourth-order valence-corrected chi connectivity index (χ4v) is 0.333. The topological polar surface area (TPSA) is 36.9 Å². The molecule has 4 nitrogen and oxygen atoms in total. The molecule has 0 aliphatic heterocycles. The van der Waals surface area contributed by atoms with Crippen LogP contribution in [-0.2, 0) is 18.9 Å². The Hall–Kier alpha value is 2.03. The summed E-state index contributed by atoms with van der Waals surface area (Å²) < 4.78 is 18.6. The molecule has 0 aliphatic rings. The van der Waals surface area contributed by atoms with Crippen molar-refractivity contribution in [3.63, 3.8) is 0 Å². The first kappa shape index (κ1) is 23.2. The predicted molar refractivity (Wildman–Crippen MR) is 65.1 cm³/mol. The molecular weight excluding hydrogens is 424 g/mol. The molecule has 0 aromatic carbocycles. The van der Waals surface area contributed by atoms with Gasteiger partial charge in [-0.05, 0) is 0 Å². The van der Waals surface area contributed by atoms with Crippen LogP contribution in [0.5, 0.6) is 0 Å². The van der Waals surface area contributed by atoms with Crippen molar-refractivity contribution < 1.29 is 48.1 Å². The molecule has 0 aromatic heterocycles.